The summed E-state index contributed by atoms with van der Waals surface area (Å²) in [6.07, 6.45) is 1.61. The summed E-state index contributed by atoms with van der Waals surface area (Å²) in [5.41, 5.74) is 2.13. The van der Waals surface area contributed by atoms with Crippen LogP contribution in [0.2, 0.25) is 0 Å². The van der Waals surface area contributed by atoms with E-state index in [1.54, 1.807) is 24.3 Å². The van der Waals surface area contributed by atoms with Gasteiger partial charge in [0.2, 0.25) is 0 Å². The van der Waals surface area contributed by atoms with Crippen LogP contribution in [0.5, 0.6) is 5.75 Å². The Bertz CT molecular complexity index is 592. The van der Waals surface area contributed by atoms with Crippen LogP contribution in [0.15, 0.2) is 30.3 Å². The van der Waals surface area contributed by atoms with E-state index in [-0.39, 0.29) is 16.2 Å². The van der Waals surface area contributed by atoms with E-state index in [0.717, 1.165) is 36.8 Å². The zero-order valence-electron chi connectivity index (χ0n) is 11.9. The summed E-state index contributed by atoms with van der Waals surface area (Å²) in [6, 6.07) is 6.68. The van der Waals surface area contributed by atoms with Gasteiger partial charge in [-0.05, 0) is 42.5 Å². The fourth-order valence-electron chi connectivity index (χ4n) is 3.04. The van der Waals surface area contributed by atoms with Gasteiger partial charge < -0.3 is 4.74 Å². The molecule has 2 aliphatic heterocycles. The Balaban J connectivity index is 1.72. The lowest BCUT2D eigenvalue weighted by Gasteiger charge is -2.32. The van der Waals surface area contributed by atoms with Crippen LogP contribution in [0.4, 0.5) is 13.2 Å². The van der Waals surface area contributed by atoms with E-state index < -0.39 is 23.6 Å². The van der Waals surface area contributed by atoms with Crippen molar-refractivity contribution in [3.63, 3.8) is 0 Å². The van der Waals surface area contributed by atoms with Crippen LogP contribution in [-0.2, 0) is 10.8 Å². The van der Waals surface area contributed by atoms with Crippen LogP contribution in [0.1, 0.15) is 31.2 Å². The molecule has 0 amide bonds. The highest BCUT2D eigenvalue weighted by Gasteiger charge is 2.33. The Labute approximate surface area is 129 Å². The van der Waals surface area contributed by atoms with Crippen LogP contribution in [0.25, 0.3) is 5.57 Å². The number of fused-ring (bicyclic) bond motifs is 2. The standard InChI is InChI=1S/C16H17F3O2S/c17-16(18,19)10-21-13-6-4-11(5-7-13)12-8-14-2-1-3-15(9-12)22(14)20/h4-8,14-15H,1-3,9-10H2. The number of ether oxygens (including phenoxy) is 1. The quantitative estimate of drug-likeness (QED) is 0.834. The van der Waals surface area contributed by atoms with E-state index in [1.165, 1.54) is 0 Å². The molecule has 2 heterocycles. The van der Waals surface area contributed by atoms with Gasteiger partial charge in [0.05, 0.1) is 5.25 Å². The average molecular weight is 330 g/mol. The largest absolute Gasteiger partial charge is 0.484 e. The van der Waals surface area contributed by atoms with Gasteiger partial charge in [-0.1, -0.05) is 24.6 Å². The van der Waals surface area contributed by atoms with Crippen molar-refractivity contribution in [2.75, 3.05) is 6.61 Å². The fraction of sp³-hybridized carbons (Fsp3) is 0.500. The summed E-state index contributed by atoms with van der Waals surface area (Å²) >= 11 is 0. The highest BCUT2D eigenvalue weighted by Crippen LogP contribution is 2.37. The number of benzene rings is 1. The van der Waals surface area contributed by atoms with Gasteiger partial charge in [0.1, 0.15) is 5.75 Å². The maximum atomic E-state index is 12.2. The van der Waals surface area contributed by atoms with Crippen molar-refractivity contribution in [3.05, 3.63) is 35.9 Å². The number of hydrogen-bond acceptors (Lipinski definition) is 2. The minimum Gasteiger partial charge on any atom is -0.484 e. The molecule has 3 unspecified atom stereocenters. The number of hydrogen-bond donors (Lipinski definition) is 0. The van der Waals surface area contributed by atoms with Crippen molar-refractivity contribution >= 4 is 16.4 Å². The molecule has 0 radical (unpaired) electrons. The van der Waals surface area contributed by atoms with Crippen LogP contribution in [0, 0.1) is 0 Å². The Morgan fingerprint density at radius 2 is 1.91 bits per heavy atom. The molecule has 0 aliphatic carbocycles. The molecule has 3 rings (SSSR count). The third-order valence-electron chi connectivity index (χ3n) is 4.10. The lowest BCUT2D eigenvalue weighted by molar-refractivity contribution is -0.153. The monoisotopic (exact) mass is 330 g/mol. The maximum absolute atomic E-state index is 12.2. The van der Waals surface area contributed by atoms with Gasteiger partial charge in [-0.25, -0.2) is 0 Å². The van der Waals surface area contributed by atoms with E-state index >= 15 is 0 Å². The fourth-order valence-corrected chi connectivity index (χ4v) is 4.98. The topological polar surface area (TPSA) is 26.3 Å². The second-order valence-electron chi connectivity index (χ2n) is 5.74. The van der Waals surface area contributed by atoms with Gasteiger partial charge in [0.15, 0.2) is 6.61 Å². The Morgan fingerprint density at radius 1 is 1.18 bits per heavy atom. The summed E-state index contributed by atoms with van der Waals surface area (Å²) in [7, 11) is -0.774. The van der Waals surface area contributed by atoms with Crippen LogP contribution in [-0.4, -0.2) is 27.5 Å². The molecule has 0 saturated carbocycles. The zero-order chi connectivity index (χ0) is 15.7. The normalized spacial score (nSPS) is 28.1. The van der Waals surface area contributed by atoms with Crippen molar-refractivity contribution in [1.82, 2.24) is 0 Å². The lowest BCUT2D eigenvalue weighted by Crippen LogP contribution is -2.33. The Kier molecular flexibility index (Phi) is 4.30. The first-order chi connectivity index (χ1) is 10.4. The highest BCUT2D eigenvalue weighted by atomic mass is 32.2. The molecule has 0 aromatic heterocycles. The second-order valence-corrected chi connectivity index (χ2v) is 7.67. The van der Waals surface area contributed by atoms with Gasteiger partial charge in [0.25, 0.3) is 0 Å². The zero-order valence-corrected chi connectivity index (χ0v) is 12.8. The molecule has 0 spiro atoms. The predicted octanol–water partition coefficient (Wildman–Crippen LogP) is 4.08. The average Bonchev–Trinajstić information content (AvgIpc) is 2.45. The number of alkyl halides is 3. The third-order valence-corrected chi connectivity index (χ3v) is 6.13. The maximum Gasteiger partial charge on any atom is 0.422 e. The lowest BCUT2D eigenvalue weighted by atomic mass is 9.93. The third kappa shape index (κ3) is 3.54. The minimum atomic E-state index is -4.33. The van der Waals surface area contributed by atoms with Crippen LogP contribution in [0.3, 0.4) is 0 Å². The first kappa shape index (κ1) is 15.6. The van der Waals surface area contributed by atoms with Crippen molar-refractivity contribution in [2.45, 2.75) is 42.4 Å². The smallest absolute Gasteiger partial charge is 0.422 e. The molecule has 2 bridgehead atoms. The second kappa shape index (κ2) is 6.07. The Morgan fingerprint density at radius 3 is 2.55 bits per heavy atom. The molecule has 3 atom stereocenters. The van der Waals surface area contributed by atoms with Gasteiger partial charge in [0, 0.05) is 16.0 Å². The number of rotatable bonds is 3. The van der Waals surface area contributed by atoms with Crippen molar-refractivity contribution in [1.29, 1.82) is 0 Å². The molecule has 120 valence electrons. The molecule has 1 aromatic carbocycles. The number of allylic oxidation sites excluding steroid dienone is 1. The first-order valence-electron chi connectivity index (χ1n) is 7.32. The van der Waals surface area contributed by atoms with E-state index in [0.29, 0.717) is 0 Å². The van der Waals surface area contributed by atoms with Crippen molar-refractivity contribution in [3.8, 4) is 5.75 Å². The van der Waals surface area contributed by atoms with E-state index in [9.17, 15) is 17.4 Å². The van der Waals surface area contributed by atoms with E-state index in [4.69, 9.17) is 4.74 Å². The SMILES string of the molecule is O=S1C2C=C(c3ccc(OCC(F)(F)F)cc3)CC1CCC2. The molecule has 1 aromatic rings. The summed E-state index contributed by atoms with van der Waals surface area (Å²) in [5.74, 6) is 0.209. The molecule has 2 aliphatic rings. The van der Waals surface area contributed by atoms with Gasteiger partial charge in [-0.15, -0.1) is 0 Å². The van der Waals surface area contributed by atoms with Gasteiger partial charge >= 0.3 is 6.18 Å². The molecule has 2 nitrogen and oxygen atoms in total. The summed E-state index contributed by atoms with van der Waals surface area (Å²) in [5, 5.41) is 0.351. The van der Waals surface area contributed by atoms with Crippen molar-refractivity contribution < 1.29 is 22.1 Å². The Hall–Kier alpha value is -1.30. The molecular weight excluding hydrogens is 313 g/mol. The summed E-state index contributed by atoms with van der Waals surface area (Å²) in [6.45, 7) is -1.28. The molecular formula is C16H17F3O2S. The molecule has 0 N–H and O–H groups in total. The number of halogens is 3. The van der Waals surface area contributed by atoms with Crippen molar-refractivity contribution in [2.24, 2.45) is 0 Å². The van der Waals surface area contributed by atoms with E-state index in [2.05, 4.69) is 6.08 Å². The molecule has 6 heteroatoms. The molecule has 22 heavy (non-hydrogen) atoms. The summed E-state index contributed by atoms with van der Waals surface area (Å²) < 4.78 is 53.2. The molecule has 1 saturated heterocycles. The molecule has 1 fully saturated rings. The summed E-state index contributed by atoms with van der Waals surface area (Å²) in [4.78, 5) is 0. The van der Waals surface area contributed by atoms with Gasteiger partial charge in [-0.2, -0.15) is 13.2 Å². The predicted molar refractivity (Wildman–Crippen MR) is 80.2 cm³/mol. The van der Waals surface area contributed by atoms with E-state index in [1.807, 2.05) is 0 Å². The first-order valence-corrected chi connectivity index (χ1v) is 8.60. The van der Waals surface area contributed by atoms with Crippen LogP contribution >= 0.6 is 0 Å². The van der Waals surface area contributed by atoms with Gasteiger partial charge in [-0.3, -0.25) is 4.21 Å². The highest BCUT2D eigenvalue weighted by molar-refractivity contribution is 7.86. The van der Waals surface area contributed by atoms with Crippen LogP contribution < -0.4 is 4.74 Å². The minimum absolute atomic E-state index is 0.128.